The van der Waals surface area contributed by atoms with Crippen molar-refractivity contribution >= 4 is 0 Å². The number of hydrogen-bond acceptors (Lipinski definition) is 5. The summed E-state index contributed by atoms with van der Waals surface area (Å²) in [5, 5.41) is 3.45. The van der Waals surface area contributed by atoms with Gasteiger partial charge in [0.2, 0.25) is 6.79 Å². The Morgan fingerprint density at radius 1 is 0.828 bits per heavy atom. The first-order valence-electron chi connectivity index (χ1n) is 9.66. The summed E-state index contributed by atoms with van der Waals surface area (Å²) in [5.74, 6) is 3.09. The van der Waals surface area contributed by atoms with Crippen molar-refractivity contribution in [1.29, 1.82) is 0 Å². The van der Waals surface area contributed by atoms with E-state index >= 15 is 0 Å². The van der Waals surface area contributed by atoms with Crippen LogP contribution in [0.5, 0.6) is 23.0 Å². The average molecular weight is 391 g/mol. The normalized spacial score (nSPS) is 12.1. The van der Waals surface area contributed by atoms with E-state index in [1.165, 1.54) is 5.56 Å². The van der Waals surface area contributed by atoms with E-state index in [1.807, 2.05) is 36.4 Å². The zero-order valence-corrected chi connectivity index (χ0v) is 16.7. The molecule has 5 heteroatoms. The molecule has 1 heterocycles. The zero-order chi connectivity index (χ0) is 20.1. The van der Waals surface area contributed by atoms with Gasteiger partial charge in [-0.2, -0.15) is 0 Å². The lowest BCUT2D eigenvalue weighted by Gasteiger charge is -2.13. The summed E-state index contributed by atoms with van der Waals surface area (Å²) in [6.45, 7) is 4.35. The van der Waals surface area contributed by atoms with Gasteiger partial charge in [0.05, 0.1) is 7.11 Å². The van der Waals surface area contributed by atoms with Gasteiger partial charge in [0.1, 0.15) is 6.61 Å². The summed E-state index contributed by atoms with van der Waals surface area (Å²) in [6, 6.07) is 20.3. The summed E-state index contributed by atoms with van der Waals surface area (Å²) in [7, 11) is 1.67. The molecule has 5 nitrogen and oxygen atoms in total. The van der Waals surface area contributed by atoms with Crippen molar-refractivity contribution in [3.05, 3.63) is 82.9 Å². The predicted molar refractivity (Wildman–Crippen MR) is 112 cm³/mol. The quantitative estimate of drug-likeness (QED) is 0.608. The van der Waals surface area contributed by atoms with Gasteiger partial charge in [0, 0.05) is 13.1 Å². The monoisotopic (exact) mass is 391 g/mol. The molecule has 0 unspecified atom stereocenters. The van der Waals surface area contributed by atoms with Crippen LogP contribution in [0.3, 0.4) is 0 Å². The molecule has 4 rings (SSSR count). The van der Waals surface area contributed by atoms with E-state index in [1.54, 1.807) is 7.11 Å². The first kappa shape index (κ1) is 19.2. The van der Waals surface area contributed by atoms with E-state index in [2.05, 4.69) is 36.5 Å². The highest BCUT2D eigenvalue weighted by atomic mass is 16.7. The van der Waals surface area contributed by atoms with Crippen LogP contribution >= 0.6 is 0 Å². The number of nitrogens with one attached hydrogen (secondary N) is 1. The second-order valence-electron chi connectivity index (χ2n) is 7.05. The van der Waals surface area contributed by atoms with Crippen LogP contribution in [0.4, 0.5) is 0 Å². The number of benzene rings is 3. The van der Waals surface area contributed by atoms with Gasteiger partial charge in [0.15, 0.2) is 23.0 Å². The second-order valence-corrected chi connectivity index (χ2v) is 7.05. The van der Waals surface area contributed by atoms with Crippen molar-refractivity contribution in [2.45, 2.75) is 26.6 Å². The van der Waals surface area contributed by atoms with Crippen molar-refractivity contribution in [1.82, 2.24) is 5.32 Å². The molecule has 1 aliphatic rings. The fraction of sp³-hybridized carbons (Fsp3) is 0.250. The van der Waals surface area contributed by atoms with Gasteiger partial charge in [-0.15, -0.1) is 0 Å². The molecule has 0 fully saturated rings. The number of ether oxygens (including phenoxy) is 4. The Hall–Kier alpha value is -3.18. The zero-order valence-electron chi connectivity index (χ0n) is 16.7. The molecule has 1 aliphatic heterocycles. The first-order valence-corrected chi connectivity index (χ1v) is 9.66. The molecule has 0 bridgehead atoms. The van der Waals surface area contributed by atoms with Crippen LogP contribution in [0.2, 0.25) is 0 Å². The van der Waals surface area contributed by atoms with Crippen LogP contribution in [0.25, 0.3) is 0 Å². The van der Waals surface area contributed by atoms with Gasteiger partial charge in [0.25, 0.3) is 0 Å². The van der Waals surface area contributed by atoms with Gasteiger partial charge in [-0.05, 0) is 47.9 Å². The van der Waals surface area contributed by atoms with E-state index < -0.39 is 0 Å². The molecule has 0 radical (unpaired) electrons. The third kappa shape index (κ3) is 4.81. The van der Waals surface area contributed by atoms with Crippen LogP contribution in [0, 0.1) is 6.92 Å². The van der Waals surface area contributed by atoms with Crippen LogP contribution < -0.4 is 24.3 Å². The number of hydrogen-bond donors (Lipinski definition) is 1. The topological polar surface area (TPSA) is 49.0 Å². The van der Waals surface area contributed by atoms with E-state index in [9.17, 15) is 0 Å². The maximum absolute atomic E-state index is 5.97. The average Bonchev–Trinajstić information content (AvgIpc) is 3.20. The van der Waals surface area contributed by atoms with Crippen LogP contribution in [-0.2, 0) is 19.7 Å². The summed E-state index contributed by atoms with van der Waals surface area (Å²) < 4.78 is 22.3. The SMILES string of the molecule is COc1cc(CNCc2ccc3c(c2)OCO3)ccc1OCc1cccc(C)c1. The van der Waals surface area contributed by atoms with Crippen molar-refractivity contribution in [2.24, 2.45) is 0 Å². The Morgan fingerprint density at radius 3 is 2.45 bits per heavy atom. The number of fused-ring (bicyclic) bond motifs is 1. The molecule has 0 saturated carbocycles. The van der Waals surface area contributed by atoms with E-state index in [0.29, 0.717) is 13.4 Å². The second kappa shape index (κ2) is 8.88. The van der Waals surface area contributed by atoms with Crippen molar-refractivity contribution in [3.8, 4) is 23.0 Å². The molecule has 0 saturated heterocycles. The van der Waals surface area contributed by atoms with Gasteiger partial charge in [-0.3, -0.25) is 0 Å². The van der Waals surface area contributed by atoms with Crippen LogP contribution in [0.1, 0.15) is 22.3 Å². The highest BCUT2D eigenvalue weighted by Crippen LogP contribution is 2.32. The molecule has 0 aliphatic carbocycles. The molecule has 0 amide bonds. The molecule has 150 valence electrons. The Bertz CT molecular complexity index is 986. The minimum atomic E-state index is 0.296. The van der Waals surface area contributed by atoms with Crippen molar-refractivity contribution < 1.29 is 18.9 Å². The summed E-state index contributed by atoms with van der Waals surface area (Å²) in [5.41, 5.74) is 4.65. The fourth-order valence-corrected chi connectivity index (χ4v) is 3.31. The van der Waals surface area contributed by atoms with Gasteiger partial charge >= 0.3 is 0 Å². The fourth-order valence-electron chi connectivity index (χ4n) is 3.31. The van der Waals surface area contributed by atoms with Crippen molar-refractivity contribution in [3.63, 3.8) is 0 Å². The molecule has 3 aromatic rings. The summed E-state index contributed by atoms with van der Waals surface area (Å²) >= 11 is 0. The highest BCUT2D eigenvalue weighted by Gasteiger charge is 2.13. The Labute approximate surface area is 171 Å². The van der Waals surface area contributed by atoms with Gasteiger partial charge < -0.3 is 24.3 Å². The van der Waals surface area contributed by atoms with E-state index in [0.717, 1.165) is 52.8 Å². The molecule has 29 heavy (non-hydrogen) atoms. The first-order chi connectivity index (χ1) is 14.2. The van der Waals surface area contributed by atoms with E-state index in [-0.39, 0.29) is 0 Å². The van der Waals surface area contributed by atoms with Gasteiger partial charge in [-0.25, -0.2) is 0 Å². The lowest BCUT2D eigenvalue weighted by atomic mass is 10.1. The van der Waals surface area contributed by atoms with Crippen LogP contribution in [0.15, 0.2) is 60.7 Å². The van der Waals surface area contributed by atoms with E-state index in [4.69, 9.17) is 18.9 Å². The van der Waals surface area contributed by atoms with Crippen molar-refractivity contribution in [2.75, 3.05) is 13.9 Å². The highest BCUT2D eigenvalue weighted by molar-refractivity contribution is 5.45. The lowest BCUT2D eigenvalue weighted by molar-refractivity contribution is 0.174. The Balaban J connectivity index is 1.33. The summed E-state index contributed by atoms with van der Waals surface area (Å²) in [4.78, 5) is 0. The minimum Gasteiger partial charge on any atom is -0.493 e. The Morgan fingerprint density at radius 2 is 1.62 bits per heavy atom. The lowest BCUT2D eigenvalue weighted by Crippen LogP contribution is -2.12. The summed E-state index contributed by atoms with van der Waals surface area (Å²) in [6.07, 6.45) is 0. The molecule has 0 aromatic heterocycles. The maximum Gasteiger partial charge on any atom is 0.231 e. The molecular formula is C24H25NO4. The molecular weight excluding hydrogens is 366 g/mol. The predicted octanol–water partition coefficient (Wildman–Crippen LogP) is 4.60. The largest absolute Gasteiger partial charge is 0.493 e. The standard InChI is InChI=1S/C24H25NO4/c1-17-4-3-5-20(10-17)15-27-21-8-6-18(11-23(21)26-2)13-25-14-19-7-9-22-24(12-19)29-16-28-22/h3-12,25H,13-16H2,1-2H3. The molecule has 1 N–H and O–H groups in total. The molecule has 3 aromatic carbocycles. The smallest absolute Gasteiger partial charge is 0.231 e. The number of aryl methyl sites for hydroxylation is 1. The number of rotatable bonds is 8. The third-order valence-electron chi connectivity index (χ3n) is 4.80. The maximum atomic E-state index is 5.97. The van der Waals surface area contributed by atoms with Gasteiger partial charge in [-0.1, -0.05) is 42.0 Å². The number of methoxy groups -OCH3 is 1. The van der Waals surface area contributed by atoms with Crippen LogP contribution in [-0.4, -0.2) is 13.9 Å². The molecule has 0 atom stereocenters. The molecule has 0 spiro atoms. The minimum absolute atomic E-state index is 0.296. The third-order valence-corrected chi connectivity index (χ3v) is 4.80. The Kier molecular flexibility index (Phi) is 5.86.